The van der Waals surface area contributed by atoms with Crippen LogP contribution >= 0.6 is 0 Å². The zero-order valence-electron chi connectivity index (χ0n) is 11.8. The third-order valence-electron chi connectivity index (χ3n) is 4.21. The highest BCUT2D eigenvalue weighted by Crippen LogP contribution is 2.33. The van der Waals surface area contributed by atoms with Crippen LogP contribution in [0.15, 0.2) is 24.3 Å². The minimum Gasteiger partial charge on any atom is -0.497 e. The van der Waals surface area contributed by atoms with Crippen LogP contribution in [0.4, 0.5) is 0 Å². The average Bonchev–Trinajstić information content (AvgIpc) is 2.45. The molecule has 4 heteroatoms. The van der Waals surface area contributed by atoms with E-state index in [0.29, 0.717) is 12.8 Å². The molecule has 0 aromatic heterocycles. The maximum atomic E-state index is 11.6. The van der Waals surface area contributed by atoms with Gasteiger partial charge in [-0.25, -0.2) is 0 Å². The van der Waals surface area contributed by atoms with E-state index in [1.165, 1.54) is 0 Å². The Morgan fingerprint density at radius 2 is 2.15 bits per heavy atom. The number of benzene rings is 1. The molecular weight excluding hydrogens is 256 g/mol. The molecule has 0 aliphatic heterocycles. The van der Waals surface area contributed by atoms with E-state index in [-0.39, 0.29) is 5.92 Å². The summed E-state index contributed by atoms with van der Waals surface area (Å²) in [5.74, 6) is -0.764. The minimum absolute atomic E-state index is 0.146. The van der Waals surface area contributed by atoms with Crippen molar-refractivity contribution in [3.05, 3.63) is 29.8 Å². The molecule has 1 aromatic rings. The Labute approximate surface area is 119 Å². The summed E-state index contributed by atoms with van der Waals surface area (Å²) in [7, 11) is 1.60. The van der Waals surface area contributed by atoms with Crippen LogP contribution in [0.25, 0.3) is 0 Å². The van der Waals surface area contributed by atoms with Crippen LogP contribution < -0.4 is 4.74 Å². The van der Waals surface area contributed by atoms with E-state index in [1.54, 1.807) is 7.11 Å². The average molecular weight is 278 g/mol. The van der Waals surface area contributed by atoms with Gasteiger partial charge in [-0.1, -0.05) is 25.0 Å². The molecule has 0 saturated heterocycles. The van der Waals surface area contributed by atoms with Crippen molar-refractivity contribution in [1.82, 2.24) is 0 Å². The first-order valence-electron chi connectivity index (χ1n) is 7.15. The van der Waals surface area contributed by atoms with Gasteiger partial charge < -0.3 is 14.9 Å². The molecule has 4 nitrogen and oxygen atoms in total. The number of hydrogen-bond donors (Lipinski definition) is 2. The van der Waals surface area contributed by atoms with Gasteiger partial charge in [-0.05, 0) is 42.9 Å². The van der Waals surface area contributed by atoms with Gasteiger partial charge in [-0.15, -0.1) is 0 Å². The van der Waals surface area contributed by atoms with Crippen molar-refractivity contribution in [2.45, 2.75) is 38.2 Å². The van der Waals surface area contributed by atoms with Crippen LogP contribution in [0.2, 0.25) is 0 Å². The second kappa shape index (κ2) is 6.75. The van der Waals surface area contributed by atoms with Crippen LogP contribution in [-0.2, 0) is 11.2 Å². The first-order valence-corrected chi connectivity index (χ1v) is 7.15. The lowest BCUT2D eigenvalue weighted by atomic mass is 9.75. The van der Waals surface area contributed by atoms with Gasteiger partial charge in [0.15, 0.2) is 0 Å². The van der Waals surface area contributed by atoms with Gasteiger partial charge in [-0.3, -0.25) is 4.79 Å². The lowest BCUT2D eigenvalue weighted by Crippen LogP contribution is -2.36. The third kappa shape index (κ3) is 3.51. The first-order chi connectivity index (χ1) is 9.61. The van der Waals surface area contributed by atoms with Crippen molar-refractivity contribution >= 4 is 5.97 Å². The van der Waals surface area contributed by atoms with Crippen LogP contribution in [0.3, 0.4) is 0 Å². The number of rotatable bonds is 5. The molecule has 1 saturated carbocycles. The van der Waals surface area contributed by atoms with Crippen molar-refractivity contribution in [2.24, 2.45) is 11.8 Å². The molecule has 1 aromatic carbocycles. The highest BCUT2D eigenvalue weighted by atomic mass is 16.5. The molecule has 1 fully saturated rings. The Morgan fingerprint density at radius 1 is 1.40 bits per heavy atom. The number of methoxy groups -OCH3 is 1. The van der Waals surface area contributed by atoms with Gasteiger partial charge in [0.05, 0.1) is 19.1 Å². The molecule has 0 radical (unpaired) electrons. The monoisotopic (exact) mass is 278 g/mol. The fourth-order valence-corrected chi connectivity index (χ4v) is 3.08. The maximum absolute atomic E-state index is 11.6. The summed E-state index contributed by atoms with van der Waals surface area (Å²) in [4.78, 5) is 11.6. The molecule has 1 aliphatic rings. The first kappa shape index (κ1) is 14.9. The Hall–Kier alpha value is -1.55. The number of aliphatic hydroxyl groups is 1. The van der Waals surface area contributed by atoms with Crippen molar-refractivity contribution in [1.29, 1.82) is 0 Å². The van der Waals surface area contributed by atoms with Crippen molar-refractivity contribution in [3.63, 3.8) is 0 Å². The molecule has 0 amide bonds. The molecular formula is C16H22O4. The van der Waals surface area contributed by atoms with E-state index in [0.717, 1.165) is 30.6 Å². The molecule has 20 heavy (non-hydrogen) atoms. The molecule has 110 valence electrons. The van der Waals surface area contributed by atoms with Crippen molar-refractivity contribution in [3.8, 4) is 5.75 Å². The van der Waals surface area contributed by atoms with Gasteiger partial charge in [-0.2, -0.15) is 0 Å². The van der Waals surface area contributed by atoms with Gasteiger partial charge in [0.25, 0.3) is 0 Å². The highest BCUT2D eigenvalue weighted by molar-refractivity contribution is 5.71. The number of aliphatic carboxylic acids is 1. The molecule has 0 spiro atoms. The molecule has 3 atom stereocenters. The topological polar surface area (TPSA) is 66.8 Å². The van der Waals surface area contributed by atoms with E-state index in [1.807, 2.05) is 24.3 Å². The standard InChI is InChI=1S/C16H22O4/c1-20-12-6-4-5-11(9-12)10-14(16(18)19)13-7-2-3-8-15(13)17/h4-6,9,13-15,17H,2-3,7-8,10H2,1H3,(H,18,19). The van der Waals surface area contributed by atoms with Gasteiger partial charge >= 0.3 is 5.97 Å². The Kier molecular flexibility index (Phi) is 5.01. The summed E-state index contributed by atoms with van der Waals surface area (Å²) >= 11 is 0. The van der Waals surface area contributed by atoms with Crippen LogP contribution in [-0.4, -0.2) is 29.4 Å². The SMILES string of the molecule is COc1cccc(CC(C(=O)O)C2CCCCC2O)c1. The molecule has 0 heterocycles. The third-order valence-corrected chi connectivity index (χ3v) is 4.21. The summed E-state index contributed by atoms with van der Waals surface area (Å²) in [5, 5.41) is 19.6. The van der Waals surface area contributed by atoms with Crippen LogP contribution in [0, 0.1) is 11.8 Å². The molecule has 0 bridgehead atoms. The Balaban J connectivity index is 2.14. The van der Waals surface area contributed by atoms with Gasteiger partial charge in [0, 0.05) is 0 Å². The largest absolute Gasteiger partial charge is 0.497 e. The number of carboxylic acid groups (broad SMARTS) is 1. The zero-order valence-corrected chi connectivity index (χ0v) is 11.8. The summed E-state index contributed by atoms with van der Waals surface area (Å²) in [6, 6.07) is 7.48. The lowest BCUT2D eigenvalue weighted by Gasteiger charge is -2.32. The normalized spacial score (nSPS) is 24.1. The number of ether oxygens (including phenoxy) is 1. The summed E-state index contributed by atoms with van der Waals surface area (Å²) in [6.07, 6.45) is 3.45. The van der Waals surface area contributed by atoms with Crippen molar-refractivity contribution < 1.29 is 19.7 Å². The number of carboxylic acids is 1. The molecule has 3 unspecified atom stereocenters. The lowest BCUT2D eigenvalue weighted by molar-refractivity contribution is -0.146. The van der Waals surface area contributed by atoms with E-state index >= 15 is 0 Å². The van der Waals surface area contributed by atoms with Gasteiger partial charge in [0.1, 0.15) is 5.75 Å². The second-order valence-corrected chi connectivity index (χ2v) is 5.52. The number of carbonyl (C=O) groups is 1. The molecule has 2 N–H and O–H groups in total. The van der Waals surface area contributed by atoms with Crippen LogP contribution in [0.1, 0.15) is 31.2 Å². The fraction of sp³-hybridized carbons (Fsp3) is 0.562. The van der Waals surface area contributed by atoms with E-state index in [4.69, 9.17) is 4.74 Å². The number of aliphatic hydroxyl groups excluding tert-OH is 1. The quantitative estimate of drug-likeness (QED) is 0.868. The maximum Gasteiger partial charge on any atom is 0.307 e. The second-order valence-electron chi connectivity index (χ2n) is 5.52. The number of hydrogen-bond acceptors (Lipinski definition) is 3. The molecule has 1 aliphatic carbocycles. The highest BCUT2D eigenvalue weighted by Gasteiger charge is 2.35. The fourth-order valence-electron chi connectivity index (χ4n) is 3.08. The van der Waals surface area contributed by atoms with Crippen LogP contribution in [0.5, 0.6) is 5.75 Å². The van der Waals surface area contributed by atoms with E-state index in [9.17, 15) is 15.0 Å². The minimum atomic E-state index is -0.821. The summed E-state index contributed by atoms with van der Waals surface area (Å²) in [6.45, 7) is 0. The summed E-state index contributed by atoms with van der Waals surface area (Å²) in [5.41, 5.74) is 0.939. The zero-order chi connectivity index (χ0) is 14.5. The summed E-state index contributed by atoms with van der Waals surface area (Å²) < 4.78 is 5.17. The van der Waals surface area contributed by atoms with E-state index < -0.39 is 18.0 Å². The molecule has 2 rings (SSSR count). The van der Waals surface area contributed by atoms with Crippen molar-refractivity contribution in [2.75, 3.05) is 7.11 Å². The Bertz CT molecular complexity index is 458. The van der Waals surface area contributed by atoms with E-state index in [2.05, 4.69) is 0 Å². The smallest absolute Gasteiger partial charge is 0.307 e. The Morgan fingerprint density at radius 3 is 2.80 bits per heavy atom. The van der Waals surface area contributed by atoms with Gasteiger partial charge in [0.2, 0.25) is 0 Å². The predicted molar refractivity (Wildman–Crippen MR) is 75.8 cm³/mol. The predicted octanol–water partition coefficient (Wildman–Crippen LogP) is 2.49.